The van der Waals surface area contributed by atoms with Gasteiger partial charge in [-0.15, -0.1) is 10.2 Å². The molecule has 8 nitrogen and oxygen atoms in total. The van der Waals surface area contributed by atoms with Gasteiger partial charge in [0.1, 0.15) is 17.5 Å². The summed E-state index contributed by atoms with van der Waals surface area (Å²) in [5, 5.41) is 15.2. The zero-order valence-electron chi connectivity index (χ0n) is 21.7. The Morgan fingerprint density at radius 2 is 2.00 bits per heavy atom. The fourth-order valence-electron chi connectivity index (χ4n) is 4.38. The lowest BCUT2D eigenvalue weighted by Crippen LogP contribution is -2.35. The van der Waals surface area contributed by atoms with Crippen molar-refractivity contribution in [1.82, 2.24) is 25.1 Å². The van der Waals surface area contributed by atoms with Crippen LogP contribution in [0.15, 0.2) is 40.6 Å². The molecule has 2 unspecified atom stereocenters. The van der Waals surface area contributed by atoms with Crippen molar-refractivity contribution in [3.63, 3.8) is 0 Å². The van der Waals surface area contributed by atoms with Crippen molar-refractivity contribution in [3.05, 3.63) is 59.5 Å². The van der Waals surface area contributed by atoms with Crippen LogP contribution in [-0.4, -0.2) is 38.9 Å². The molecule has 194 valence electrons. The largest absolute Gasteiger partial charge is 0.421 e. The van der Waals surface area contributed by atoms with Gasteiger partial charge in [0, 0.05) is 38.2 Å². The monoisotopic (exact) mass is 495 g/mol. The number of hydrogen-bond acceptors (Lipinski definition) is 7. The average molecular weight is 496 g/mol. The molecule has 2 aliphatic carbocycles. The molecule has 0 aliphatic heterocycles. The maximum atomic E-state index is 13.6. The van der Waals surface area contributed by atoms with Crippen molar-refractivity contribution in [2.75, 3.05) is 18.4 Å². The van der Waals surface area contributed by atoms with Crippen LogP contribution in [0.3, 0.4) is 0 Å². The summed E-state index contributed by atoms with van der Waals surface area (Å²) in [7, 11) is 0. The first-order valence-corrected chi connectivity index (χ1v) is 12.9. The molecule has 2 heterocycles. The molecule has 4 rings (SSSR count). The smallest absolute Gasteiger partial charge is 0.243 e. The number of aromatic nitrogens is 4. The average Bonchev–Trinajstić information content (AvgIpc) is 3.46. The molecular formula is C27H38FN7O. The number of nitrogens with zero attached hydrogens (tertiary/aromatic N) is 4. The number of allylic oxidation sites excluding steroid dienone is 8. The van der Waals surface area contributed by atoms with Crippen LogP contribution in [0.4, 0.5) is 10.2 Å². The van der Waals surface area contributed by atoms with E-state index in [-0.39, 0.29) is 17.8 Å². The van der Waals surface area contributed by atoms with Gasteiger partial charge in [0.25, 0.3) is 0 Å². The van der Waals surface area contributed by atoms with Crippen molar-refractivity contribution in [3.8, 4) is 0 Å². The number of nitrogens with two attached hydrogens (primary N) is 1. The molecule has 9 heteroatoms. The van der Waals surface area contributed by atoms with Gasteiger partial charge in [-0.05, 0) is 55.4 Å². The summed E-state index contributed by atoms with van der Waals surface area (Å²) in [6.45, 7) is 11.0. The van der Waals surface area contributed by atoms with Gasteiger partial charge in [0.15, 0.2) is 0 Å². The Labute approximate surface area is 212 Å². The number of aryl methyl sites for hydroxylation is 1. The van der Waals surface area contributed by atoms with Gasteiger partial charge in [-0.3, -0.25) is 0 Å². The Balaban J connectivity index is 1.70. The van der Waals surface area contributed by atoms with Gasteiger partial charge in [0.2, 0.25) is 11.8 Å². The third-order valence-corrected chi connectivity index (χ3v) is 6.74. The van der Waals surface area contributed by atoms with E-state index in [1.54, 1.807) is 19.1 Å². The maximum Gasteiger partial charge on any atom is 0.243 e. The molecule has 36 heavy (non-hydrogen) atoms. The van der Waals surface area contributed by atoms with Gasteiger partial charge < -0.3 is 25.4 Å². The molecule has 0 aromatic carbocycles. The van der Waals surface area contributed by atoms with Crippen molar-refractivity contribution in [2.45, 2.75) is 66.1 Å². The second-order valence-electron chi connectivity index (χ2n) is 9.86. The van der Waals surface area contributed by atoms with Gasteiger partial charge >= 0.3 is 0 Å². The SMILES string of the molecule is CCNCc1nc(C2=CC=C(c3nnc(C)o3)CC2)n(CC2C=CC(F)=CC2)c1NCC(N)C(C)C. The molecule has 2 aromatic heterocycles. The molecule has 2 atom stereocenters. The molecule has 0 saturated heterocycles. The van der Waals surface area contributed by atoms with Crippen LogP contribution in [-0.2, 0) is 13.1 Å². The van der Waals surface area contributed by atoms with Gasteiger partial charge in [-0.25, -0.2) is 9.37 Å². The molecule has 0 spiro atoms. The molecule has 2 aliphatic rings. The quantitative estimate of drug-likeness (QED) is 0.412. The molecule has 0 fully saturated rings. The summed E-state index contributed by atoms with van der Waals surface area (Å²) in [6.07, 6.45) is 11.6. The summed E-state index contributed by atoms with van der Waals surface area (Å²) in [6, 6.07) is 0.0210. The predicted molar refractivity (Wildman–Crippen MR) is 142 cm³/mol. The molecule has 0 amide bonds. The fraction of sp³-hybridized carbons (Fsp3) is 0.519. The van der Waals surface area contributed by atoms with Crippen LogP contribution >= 0.6 is 0 Å². The minimum atomic E-state index is -0.171. The van der Waals surface area contributed by atoms with Crippen molar-refractivity contribution < 1.29 is 8.81 Å². The van der Waals surface area contributed by atoms with E-state index in [1.165, 1.54) is 0 Å². The Bertz CT molecular complexity index is 1170. The number of anilines is 1. The van der Waals surface area contributed by atoms with Crippen LogP contribution in [0.2, 0.25) is 0 Å². The fourth-order valence-corrected chi connectivity index (χ4v) is 4.38. The Morgan fingerprint density at radius 3 is 2.61 bits per heavy atom. The summed E-state index contributed by atoms with van der Waals surface area (Å²) in [5.74, 6) is 3.42. The number of hydrogen-bond donors (Lipinski definition) is 3. The molecule has 2 aromatic rings. The van der Waals surface area contributed by atoms with Crippen LogP contribution in [0.5, 0.6) is 0 Å². The van der Waals surface area contributed by atoms with Crippen LogP contribution < -0.4 is 16.4 Å². The Hall–Kier alpha value is -3.04. The van der Waals surface area contributed by atoms with E-state index in [2.05, 4.69) is 58.3 Å². The third kappa shape index (κ3) is 6.20. The number of rotatable bonds is 11. The van der Waals surface area contributed by atoms with Crippen molar-refractivity contribution in [1.29, 1.82) is 0 Å². The first-order valence-electron chi connectivity index (χ1n) is 12.9. The minimum absolute atomic E-state index is 0.0210. The van der Waals surface area contributed by atoms with E-state index in [9.17, 15) is 4.39 Å². The molecule has 0 saturated carbocycles. The lowest BCUT2D eigenvalue weighted by molar-refractivity contribution is 0.499. The van der Waals surface area contributed by atoms with Gasteiger partial charge in [-0.2, -0.15) is 0 Å². The number of halogens is 1. The number of imidazole rings is 1. The highest BCUT2D eigenvalue weighted by atomic mass is 19.1. The summed E-state index contributed by atoms with van der Waals surface area (Å²) in [4.78, 5) is 5.11. The summed E-state index contributed by atoms with van der Waals surface area (Å²) >= 11 is 0. The first kappa shape index (κ1) is 26.0. The standard InChI is InChI=1S/C27H38FN7O/c1-5-30-15-24-26(31-14-23(29)17(2)3)35(16-19-6-12-22(28)13-7-19)25(32-24)20-8-10-21(11-9-20)27-34-33-18(4)36-27/h6,8,10,12-13,17,19,23,30-31H,5,7,9,11,14-16,29H2,1-4H3. The lowest BCUT2D eigenvalue weighted by Gasteiger charge is -2.23. The van der Waals surface area contributed by atoms with Crippen LogP contribution in [0.25, 0.3) is 11.1 Å². The molecular weight excluding hydrogens is 457 g/mol. The molecule has 0 radical (unpaired) electrons. The van der Waals surface area contributed by atoms with Crippen LogP contribution in [0, 0.1) is 18.8 Å². The van der Waals surface area contributed by atoms with E-state index in [1.807, 2.05) is 6.08 Å². The zero-order chi connectivity index (χ0) is 25.7. The van der Waals surface area contributed by atoms with Crippen LogP contribution in [0.1, 0.15) is 63.3 Å². The normalized spacial score (nSPS) is 18.8. The van der Waals surface area contributed by atoms with E-state index >= 15 is 0 Å². The molecule has 4 N–H and O–H groups in total. The number of nitrogens with one attached hydrogen (secondary N) is 2. The van der Waals surface area contributed by atoms with E-state index in [0.29, 0.717) is 43.8 Å². The highest BCUT2D eigenvalue weighted by Crippen LogP contribution is 2.34. The minimum Gasteiger partial charge on any atom is -0.421 e. The van der Waals surface area contributed by atoms with Crippen molar-refractivity contribution >= 4 is 17.0 Å². The van der Waals surface area contributed by atoms with Crippen molar-refractivity contribution in [2.24, 2.45) is 17.6 Å². The maximum absolute atomic E-state index is 13.6. The van der Waals surface area contributed by atoms with E-state index in [0.717, 1.165) is 47.9 Å². The lowest BCUT2D eigenvalue weighted by atomic mass is 9.97. The van der Waals surface area contributed by atoms with E-state index in [4.69, 9.17) is 15.1 Å². The highest BCUT2D eigenvalue weighted by Gasteiger charge is 2.24. The zero-order valence-corrected chi connectivity index (χ0v) is 21.7. The van der Waals surface area contributed by atoms with E-state index < -0.39 is 0 Å². The first-order chi connectivity index (χ1) is 17.4. The van der Waals surface area contributed by atoms with Gasteiger partial charge in [0.05, 0.1) is 5.69 Å². The Kier molecular flexibility index (Phi) is 8.53. The summed E-state index contributed by atoms with van der Waals surface area (Å²) in [5.41, 5.74) is 9.52. The second kappa shape index (κ2) is 11.8. The second-order valence-corrected chi connectivity index (χ2v) is 9.86. The Morgan fingerprint density at radius 1 is 1.22 bits per heavy atom. The highest BCUT2D eigenvalue weighted by molar-refractivity contribution is 5.74. The summed E-state index contributed by atoms with van der Waals surface area (Å²) < 4.78 is 21.5. The molecule has 0 bridgehead atoms. The predicted octanol–water partition coefficient (Wildman–Crippen LogP) is 4.77. The topological polar surface area (TPSA) is 107 Å². The third-order valence-electron chi connectivity index (χ3n) is 6.74. The van der Waals surface area contributed by atoms with Gasteiger partial charge in [-0.1, -0.05) is 39.0 Å².